The van der Waals surface area contributed by atoms with Gasteiger partial charge in [0.2, 0.25) is 5.82 Å². The van der Waals surface area contributed by atoms with Crippen LogP contribution in [-0.4, -0.2) is 22.2 Å². The Balaban J connectivity index is 2.96. The highest BCUT2D eigenvalue weighted by molar-refractivity contribution is 5.37. The monoisotopic (exact) mass is 274 g/mol. The lowest BCUT2D eigenvalue weighted by Crippen LogP contribution is -2.44. The maximum atomic E-state index is 13.5. The standard InChI is InChI=1S/C12H16F2N2O3/c1-3-12(2,7-17)15-6-8-4-11(16(18)19)10(14)5-9(8)13/h4-5,15,17H,3,6-7H2,1-2H3. The van der Waals surface area contributed by atoms with Crippen LogP contribution in [0.1, 0.15) is 25.8 Å². The summed E-state index contributed by atoms with van der Waals surface area (Å²) in [5.74, 6) is -2.06. The van der Waals surface area contributed by atoms with Gasteiger partial charge in [-0.3, -0.25) is 10.1 Å². The van der Waals surface area contributed by atoms with Gasteiger partial charge in [0.1, 0.15) is 5.82 Å². The summed E-state index contributed by atoms with van der Waals surface area (Å²) in [6.45, 7) is 3.39. The van der Waals surface area contributed by atoms with E-state index >= 15 is 0 Å². The molecule has 0 amide bonds. The van der Waals surface area contributed by atoms with Crippen molar-refractivity contribution in [2.24, 2.45) is 0 Å². The smallest absolute Gasteiger partial charge is 0.305 e. The van der Waals surface area contributed by atoms with E-state index in [9.17, 15) is 24.0 Å². The molecule has 0 saturated carbocycles. The van der Waals surface area contributed by atoms with Crippen LogP contribution < -0.4 is 5.32 Å². The molecule has 0 spiro atoms. The topological polar surface area (TPSA) is 75.4 Å². The number of hydrogen-bond donors (Lipinski definition) is 2. The van der Waals surface area contributed by atoms with Gasteiger partial charge in [-0.05, 0) is 13.3 Å². The van der Waals surface area contributed by atoms with E-state index < -0.39 is 27.8 Å². The number of benzene rings is 1. The number of nitro benzene ring substituents is 1. The summed E-state index contributed by atoms with van der Waals surface area (Å²) >= 11 is 0. The van der Waals surface area contributed by atoms with E-state index in [4.69, 9.17) is 0 Å². The van der Waals surface area contributed by atoms with Crippen LogP contribution in [0.15, 0.2) is 12.1 Å². The largest absolute Gasteiger partial charge is 0.394 e. The molecule has 0 heterocycles. The van der Waals surface area contributed by atoms with Crippen molar-refractivity contribution in [3.8, 4) is 0 Å². The number of aliphatic hydroxyl groups excluding tert-OH is 1. The molecule has 1 rings (SSSR count). The molecule has 5 nitrogen and oxygen atoms in total. The molecule has 0 aliphatic heterocycles. The Morgan fingerprint density at radius 2 is 2.05 bits per heavy atom. The molecule has 7 heteroatoms. The molecule has 19 heavy (non-hydrogen) atoms. The SMILES string of the molecule is CCC(C)(CO)NCc1cc([N+](=O)[O-])c(F)cc1F. The highest BCUT2D eigenvalue weighted by atomic mass is 19.1. The van der Waals surface area contributed by atoms with Crippen LogP contribution in [0, 0.1) is 21.7 Å². The Labute approximate surface area is 109 Å². The summed E-state index contributed by atoms with van der Waals surface area (Å²) < 4.78 is 26.7. The lowest BCUT2D eigenvalue weighted by Gasteiger charge is -2.27. The first-order valence-electron chi connectivity index (χ1n) is 5.81. The molecule has 0 aliphatic rings. The zero-order valence-electron chi connectivity index (χ0n) is 10.7. The van der Waals surface area contributed by atoms with Crippen molar-refractivity contribution in [1.82, 2.24) is 5.32 Å². The molecule has 0 aromatic heterocycles. The van der Waals surface area contributed by atoms with Gasteiger partial charge in [0, 0.05) is 29.8 Å². The second-order valence-electron chi connectivity index (χ2n) is 4.58. The van der Waals surface area contributed by atoms with Crippen LogP contribution in [0.3, 0.4) is 0 Å². The van der Waals surface area contributed by atoms with E-state index in [2.05, 4.69) is 5.32 Å². The van der Waals surface area contributed by atoms with E-state index in [-0.39, 0.29) is 18.7 Å². The highest BCUT2D eigenvalue weighted by Crippen LogP contribution is 2.22. The van der Waals surface area contributed by atoms with Gasteiger partial charge in [-0.15, -0.1) is 0 Å². The first kappa shape index (κ1) is 15.5. The fourth-order valence-electron chi connectivity index (χ4n) is 1.46. The van der Waals surface area contributed by atoms with Crippen LogP contribution in [0.25, 0.3) is 0 Å². The maximum absolute atomic E-state index is 13.5. The van der Waals surface area contributed by atoms with Gasteiger partial charge in [0.25, 0.3) is 0 Å². The Morgan fingerprint density at radius 1 is 1.42 bits per heavy atom. The summed E-state index contributed by atoms with van der Waals surface area (Å²) in [4.78, 5) is 9.68. The molecule has 0 fully saturated rings. The van der Waals surface area contributed by atoms with Gasteiger partial charge in [0.15, 0.2) is 0 Å². The normalized spacial score (nSPS) is 14.2. The van der Waals surface area contributed by atoms with Gasteiger partial charge in [0.05, 0.1) is 11.5 Å². The molecule has 106 valence electrons. The fraction of sp³-hybridized carbons (Fsp3) is 0.500. The van der Waals surface area contributed by atoms with Crippen molar-refractivity contribution in [3.05, 3.63) is 39.4 Å². The van der Waals surface area contributed by atoms with E-state index in [0.29, 0.717) is 12.5 Å². The van der Waals surface area contributed by atoms with Gasteiger partial charge in [-0.2, -0.15) is 4.39 Å². The molecule has 0 saturated heterocycles. The second kappa shape index (κ2) is 6.03. The molecule has 0 radical (unpaired) electrons. The van der Waals surface area contributed by atoms with Crippen molar-refractivity contribution in [2.45, 2.75) is 32.4 Å². The summed E-state index contributed by atoms with van der Waals surface area (Å²) in [7, 11) is 0. The molecule has 1 aromatic rings. The Morgan fingerprint density at radius 3 is 2.53 bits per heavy atom. The molecular weight excluding hydrogens is 258 g/mol. The lowest BCUT2D eigenvalue weighted by molar-refractivity contribution is -0.387. The van der Waals surface area contributed by atoms with E-state index in [1.165, 1.54) is 0 Å². The molecule has 1 aromatic carbocycles. The maximum Gasteiger partial charge on any atom is 0.305 e. The average Bonchev–Trinajstić information content (AvgIpc) is 2.37. The van der Waals surface area contributed by atoms with E-state index in [0.717, 1.165) is 6.07 Å². The summed E-state index contributed by atoms with van der Waals surface area (Å²) in [5, 5.41) is 22.7. The number of rotatable bonds is 6. The van der Waals surface area contributed by atoms with Gasteiger partial charge in [-0.1, -0.05) is 6.92 Å². The predicted octanol–water partition coefficient (Wildman–Crippen LogP) is 2.12. The first-order chi connectivity index (χ1) is 8.83. The number of aliphatic hydroxyl groups is 1. The third-order valence-electron chi connectivity index (χ3n) is 3.15. The van der Waals surface area contributed by atoms with Crippen LogP contribution in [0.4, 0.5) is 14.5 Å². The van der Waals surface area contributed by atoms with Crippen molar-refractivity contribution < 1.29 is 18.8 Å². The predicted molar refractivity (Wildman–Crippen MR) is 65.6 cm³/mol. The molecule has 0 bridgehead atoms. The van der Waals surface area contributed by atoms with Crippen molar-refractivity contribution in [2.75, 3.05) is 6.61 Å². The molecule has 2 N–H and O–H groups in total. The number of nitrogens with one attached hydrogen (secondary N) is 1. The quantitative estimate of drug-likeness (QED) is 0.615. The minimum Gasteiger partial charge on any atom is -0.394 e. The van der Waals surface area contributed by atoms with Gasteiger partial charge < -0.3 is 10.4 Å². The minimum atomic E-state index is -1.20. The van der Waals surface area contributed by atoms with Crippen molar-refractivity contribution in [1.29, 1.82) is 0 Å². The zero-order valence-corrected chi connectivity index (χ0v) is 10.7. The average molecular weight is 274 g/mol. The molecule has 0 aliphatic carbocycles. The Bertz CT molecular complexity index is 476. The molecule has 1 unspecified atom stereocenters. The summed E-state index contributed by atoms with van der Waals surface area (Å²) in [6, 6.07) is 1.36. The highest BCUT2D eigenvalue weighted by Gasteiger charge is 2.23. The lowest BCUT2D eigenvalue weighted by atomic mass is 9.99. The molecule has 1 atom stereocenters. The summed E-state index contributed by atoms with van der Waals surface area (Å²) in [5.41, 5.74) is -1.39. The third-order valence-corrected chi connectivity index (χ3v) is 3.15. The number of nitro groups is 1. The van der Waals surface area contributed by atoms with Crippen LogP contribution >= 0.6 is 0 Å². The minimum absolute atomic E-state index is 0.0128. The Kier molecular flexibility index (Phi) is 4.90. The van der Waals surface area contributed by atoms with E-state index in [1.54, 1.807) is 6.92 Å². The second-order valence-corrected chi connectivity index (χ2v) is 4.58. The number of nitrogens with zero attached hydrogens (tertiary/aromatic N) is 1. The molecular formula is C12H16F2N2O3. The van der Waals surface area contributed by atoms with E-state index in [1.807, 2.05) is 6.92 Å². The number of halogens is 2. The van der Waals surface area contributed by atoms with Crippen LogP contribution in [0.2, 0.25) is 0 Å². The first-order valence-corrected chi connectivity index (χ1v) is 5.81. The van der Waals surface area contributed by atoms with Crippen LogP contribution in [0.5, 0.6) is 0 Å². The summed E-state index contributed by atoms with van der Waals surface area (Å²) in [6.07, 6.45) is 0.592. The van der Waals surface area contributed by atoms with Crippen LogP contribution in [-0.2, 0) is 6.54 Å². The Hall–Kier alpha value is -1.60. The van der Waals surface area contributed by atoms with Gasteiger partial charge >= 0.3 is 5.69 Å². The van der Waals surface area contributed by atoms with Crippen molar-refractivity contribution >= 4 is 5.69 Å². The number of hydrogen-bond acceptors (Lipinski definition) is 4. The third kappa shape index (κ3) is 3.68. The zero-order chi connectivity index (χ0) is 14.6. The van der Waals surface area contributed by atoms with Crippen molar-refractivity contribution in [3.63, 3.8) is 0 Å². The fourth-order valence-corrected chi connectivity index (χ4v) is 1.46. The van der Waals surface area contributed by atoms with Gasteiger partial charge in [-0.25, -0.2) is 4.39 Å².